The van der Waals surface area contributed by atoms with Crippen molar-refractivity contribution in [2.24, 2.45) is 10.9 Å². The Balaban J connectivity index is 1.65. The minimum Gasteiger partial charge on any atom is -0.468 e. The number of methoxy groups -OCH3 is 1. The molecule has 12 heteroatoms. The van der Waals surface area contributed by atoms with Gasteiger partial charge in [0.1, 0.15) is 16.6 Å². The highest BCUT2D eigenvalue weighted by Gasteiger charge is 2.33. The zero-order valence-corrected chi connectivity index (χ0v) is 19.5. The van der Waals surface area contributed by atoms with Crippen molar-refractivity contribution in [3.05, 3.63) is 46.3 Å². The van der Waals surface area contributed by atoms with E-state index in [9.17, 15) is 22.4 Å². The average Bonchev–Trinajstić information content (AvgIpc) is 3.43. The van der Waals surface area contributed by atoms with Gasteiger partial charge in [-0.1, -0.05) is 17.4 Å². The second kappa shape index (κ2) is 9.22. The van der Waals surface area contributed by atoms with Crippen molar-refractivity contribution in [1.82, 2.24) is 8.87 Å². The number of rotatable bonds is 5. The SMILES string of the molecule is COC(=O)Cn1c(=NC(=O)C2CCCN(S(=O)(=O)c3cccs3)C2)sc2cc(F)ccc21. The van der Waals surface area contributed by atoms with Crippen LogP contribution in [0.3, 0.4) is 0 Å². The largest absolute Gasteiger partial charge is 0.468 e. The van der Waals surface area contributed by atoms with E-state index in [4.69, 9.17) is 4.74 Å². The molecular formula is C20H20FN3O5S3. The van der Waals surface area contributed by atoms with Crippen molar-refractivity contribution in [3.8, 4) is 0 Å². The van der Waals surface area contributed by atoms with E-state index in [0.29, 0.717) is 29.6 Å². The molecule has 1 unspecified atom stereocenters. The molecule has 1 aromatic carbocycles. The molecule has 1 amide bonds. The maximum Gasteiger partial charge on any atom is 0.325 e. The van der Waals surface area contributed by atoms with Crippen LogP contribution in [-0.2, 0) is 30.9 Å². The fourth-order valence-electron chi connectivity index (χ4n) is 3.56. The Morgan fingerprint density at radius 3 is 2.84 bits per heavy atom. The first-order valence-corrected chi connectivity index (χ1v) is 12.9. The van der Waals surface area contributed by atoms with Crippen molar-refractivity contribution in [2.45, 2.75) is 23.6 Å². The van der Waals surface area contributed by atoms with E-state index in [2.05, 4.69) is 4.99 Å². The van der Waals surface area contributed by atoms with Crippen LogP contribution < -0.4 is 4.80 Å². The molecule has 1 atom stereocenters. The minimum atomic E-state index is -3.66. The number of fused-ring (bicyclic) bond motifs is 1. The summed E-state index contributed by atoms with van der Waals surface area (Å²) in [5.74, 6) is -2.05. The molecule has 4 rings (SSSR count). The molecule has 2 aromatic heterocycles. The van der Waals surface area contributed by atoms with Gasteiger partial charge in [0.2, 0.25) is 0 Å². The molecular weight excluding hydrogens is 477 g/mol. The van der Waals surface area contributed by atoms with E-state index in [1.165, 1.54) is 34.2 Å². The molecule has 1 fully saturated rings. The Hall–Kier alpha value is -2.41. The van der Waals surface area contributed by atoms with Crippen molar-refractivity contribution in [3.63, 3.8) is 0 Å². The summed E-state index contributed by atoms with van der Waals surface area (Å²) in [6.45, 7) is 0.200. The number of thiazole rings is 1. The summed E-state index contributed by atoms with van der Waals surface area (Å²) >= 11 is 2.22. The van der Waals surface area contributed by atoms with Gasteiger partial charge in [-0.2, -0.15) is 9.30 Å². The molecule has 8 nitrogen and oxygen atoms in total. The highest BCUT2D eigenvalue weighted by atomic mass is 32.2. The first-order valence-electron chi connectivity index (χ1n) is 9.77. The lowest BCUT2D eigenvalue weighted by atomic mass is 9.99. The molecule has 0 aliphatic carbocycles. The van der Waals surface area contributed by atoms with Gasteiger partial charge in [-0.15, -0.1) is 11.3 Å². The normalized spacial score (nSPS) is 18.2. The van der Waals surface area contributed by atoms with Gasteiger partial charge in [0, 0.05) is 13.1 Å². The second-order valence-corrected chi connectivity index (χ2v) is 11.4. The standard InChI is InChI=1S/C20H20FN3O5S3/c1-29-17(25)12-24-15-7-6-14(21)10-16(15)31-20(24)22-19(26)13-4-2-8-23(11-13)32(27,28)18-5-3-9-30-18/h3,5-7,9-10,13H,2,4,8,11-12H2,1H3. The number of halogens is 1. The summed E-state index contributed by atoms with van der Waals surface area (Å²) in [6, 6.07) is 7.31. The summed E-state index contributed by atoms with van der Waals surface area (Å²) in [5, 5.41) is 1.69. The molecule has 0 saturated carbocycles. The Labute approximate surface area is 191 Å². The number of carbonyl (C=O) groups excluding carboxylic acids is 2. The number of piperidine rings is 1. The monoisotopic (exact) mass is 497 g/mol. The predicted molar refractivity (Wildman–Crippen MR) is 118 cm³/mol. The zero-order chi connectivity index (χ0) is 22.9. The number of hydrogen-bond acceptors (Lipinski definition) is 7. The van der Waals surface area contributed by atoms with E-state index >= 15 is 0 Å². The summed E-state index contributed by atoms with van der Waals surface area (Å²) in [7, 11) is -2.40. The van der Waals surface area contributed by atoms with E-state index < -0.39 is 33.6 Å². The van der Waals surface area contributed by atoms with Crippen LogP contribution in [-0.4, -0.2) is 49.4 Å². The van der Waals surface area contributed by atoms with Crippen molar-refractivity contribution in [2.75, 3.05) is 20.2 Å². The molecule has 0 radical (unpaired) electrons. The first-order chi connectivity index (χ1) is 15.3. The van der Waals surface area contributed by atoms with Gasteiger partial charge in [0.25, 0.3) is 15.9 Å². The lowest BCUT2D eigenvalue weighted by Gasteiger charge is -2.29. The highest BCUT2D eigenvalue weighted by molar-refractivity contribution is 7.91. The molecule has 0 N–H and O–H groups in total. The first kappa shape index (κ1) is 22.8. The van der Waals surface area contributed by atoms with Crippen LogP contribution in [0.25, 0.3) is 10.2 Å². The number of thiophene rings is 1. The third-order valence-electron chi connectivity index (χ3n) is 5.19. The lowest BCUT2D eigenvalue weighted by Crippen LogP contribution is -2.42. The summed E-state index contributed by atoms with van der Waals surface area (Å²) in [6.07, 6.45) is 1.05. The number of nitrogens with zero attached hydrogens (tertiary/aromatic N) is 3. The van der Waals surface area contributed by atoms with Crippen LogP contribution >= 0.6 is 22.7 Å². The van der Waals surface area contributed by atoms with Crippen LogP contribution in [0.15, 0.2) is 44.9 Å². The van der Waals surface area contributed by atoms with Crippen LogP contribution in [0.2, 0.25) is 0 Å². The quantitative estimate of drug-likeness (QED) is 0.505. The van der Waals surface area contributed by atoms with Crippen molar-refractivity contribution >= 4 is 54.8 Å². The summed E-state index contributed by atoms with van der Waals surface area (Å²) in [5.41, 5.74) is 0.555. The number of esters is 1. The third-order valence-corrected chi connectivity index (χ3v) is 9.47. The Morgan fingerprint density at radius 2 is 2.12 bits per heavy atom. The van der Waals surface area contributed by atoms with E-state index in [1.807, 2.05) is 0 Å². The maximum absolute atomic E-state index is 13.7. The summed E-state index contributed by atoms with van der Waals surface area (Å²) in [4.78, 5) is 29.3. The summed E-state index contributed by atoms with van der Waals surface area (Å²) < 4.78 is 47.7. The highest BCUT2D eigenvalue weighted by Crippen LogP contribution is 2.27. The maximum atomic E-state index is 13.7. The van der Waals surface area contributed by atoms with Crippen molar-refractivity contribution in [1.29, 1.82) is 0 Å². The predicted octanol–water partition coefficient (Wildman–Crippen LogP) is 2.60. The van der Waals surface area contributed by atoms with E-state index in [0.717, 1.165) is 22.7 Å². The number of ether oxygens (including phenoxy) is 1. The molecule has 1 saturated heterocycles. The van der Waals surface area contributed by atoms with Gasteiger partial charge in [-0.25, -0.2) is 12.8 Å². The number of aromatic nitrogens is 1. The molecule has 0 spiro atoms. The van der Waals surface area contributed by atoms with E-state index in [1.54, 1.807) is 17.5 Å². The van der Waals surface area contributed by atoms with Crippen molar-refractivity contribution < 1.29 is 27.1 Å². The average molecular weight is 498 g/mol. The number of hydrogen-bond donors (Lipinski definition) is 0. The molecule has 3 heterocycles. The molecule has 0 bridgehead atoms. The number of sulfonamides is 1. The number of benzene rings is 1. The molecule has 32 heavy (non-hydrogen) atoms. The van der Waals surface area contributed by atoms with Gasteiger partial charge in [0.15, 0.2) is 4.80 Å². The number of amides is 1. The molecule has 1 aliphatic rings. The van der Waals surface area contributed by atoms with Crippen LogP contribution in [0.1, 0.15) is 12.8 Å². The van der Waals surface area contributed by atoms with Gasteiger partial charge < -0.3 is 9.30 Å². The third kappa shape index (κ3) is 4.53. The van der Waals surface area contributed by atoms with Gasteiger partial charge in [-0.05, 0) is 42.5 Å². The Morgan fingerprint density at radius 1 is 1.31 bits per heavy atom. The Kier molecular flexibility index (Phi) is 6.56. The topological polar surface area (TPSA) is 98.0 Å². The van der Waals surface area contributed by atoms with Gasteiger partial charge in [0.05, 0.1) is 23.2 Å². The smallest absolute Gasteiger partial charge is 0.325 e. The molecule has 170 valence electrons. The molecule has 1 aliphatic heterocycles. The second-order valence-electron chi connectivity index (χ2n) is 7.24. The lowest BCUT2D eigenvalue weighted by molar-refractivity contribution is -0.141. The zero-order valence-electron chi connectivity index (χ0n) is 17.1. The molecule has 3 aromatic rings. The van der Waals surface area contributed by atoms with Gasteiger partial charge in [-0.3, -0.25) is 9.59 Å². The van der Waals surface area contributed by atoms with E-state index in [-0.39, 0.29) is 22.1 Å². The minimum absolute atomic E-state index is 0.0408. The van der Waals surface area contributed by atoms with Gasteiger partial charge >= 0.3 is 5.97 Å². The van der Waals surface area contributed by atoms with Crippen LogP contribution in [0.4, 0.5) is 4.39 Å². The van der Waals surface area contributed by atoms with Crippen LogP contribution in [0, 0.1) is 11.7 Å². The van der Waals surface area contributed by atoms with Crippen LogP contribution in [0.5, 0.6) is 0 Å². The fourth-order valence-corrected chi connectivity index (χ4v) is 7.29. The number of carbonyl (C=O) groups is 2. The Bertz CT molecular complexity index is 1330. The fraction of sp³-hybridized carbons (Fsp3) is 0.350.